The zero-order valence-electron chi connectivity index (χ0n) is 18.5. The minimum atomic E-state index is -0.102. The number of benzene rings is 1. The van der Waals surface area contributed by atoms with E-state index in [0.29, 0.717) is 29.9 Å². The fourth-order valence-corrected chi connectivity index (χ4v) is 5.49. The van der Waals surface area contributed by atoms with E-state index < -0.39 is 0 Å². The first-order valence-electron chi connectivity index (χ1n) is 11.2. The zero-order valence-corrected chi connectivity index (χ0v) is 19.3. The second-order valence-electron chi connectivity index (χ2n) is 8.39. The van der Waals surface area contributed by atoms with Gasteiger partial charge in [0.2, 0.25) is 0 Å². The average molecular weight is 453 g/mol. The van der Waals surface area contributed by atoms with Crippen molar-refractivity contribution in [1.82, 2.24) is 19.4 Å². The summed E-state index contributed by atoms with van der Waals surface area (Å²) in [6.45, 7) is 8.24. The summed E-state index contributed by atoms with van der Waals surface area (Å²) in [6.07, 6.45) is 2.73. The van der Waals surface area contributed by atoms with Gasteiger partial charge in [-0.1, -0.05) is 0 Å². The Morgan fingerprint density at radius 2 is 1.75 bits per heavy atom. The van der Waals surface area contributed by atoms with Gasteiger partial charge in [-0.05, 0) is 57.3 Å². The molecule has 5 rings (SSSR count). The molecule has 3 aromatic rings. The van der Waals surface area contributed by atoms with Crippen molar-refractivity contribution in [1.29, 1.82) is 0 Å². The predicted molar refractivity (Wildman–Crippen MR) is 130 cm³/mol. The largest absolute Gasteiger partial charge is 0.370 e. The van der Waals surface area contributed by atoms with Crippen LogP contribution in [0, 0.1) is 0 Å². The third kappa shape index (κ3) is 3.75. The average Bonchev–Trinajstić information content (AvgIpc) is 3.33. The lowest BCUT2D eigenvalue weighted by atomic mass is 10.2. The standard InChI is InChI=1S/C23H28N6O2S/c1-3-26-13-14-28(23(26)31)20-15-19-21(32-20)22(30)29(16-24-19)18-7-5-17(6-8-18)27-10-4-9-25(2)11-12-27/h5-8,15-16H,3-4,9-14H2,1-2H3. The third-order valence-corrected chi connectivity index (χ3v) is 7.52. The first-order chi connectivity index (χ1) is 15.5. The second-order valence-corrected chi connectivity index (χ2v) is 9.42. The van der Waals surface area contributed by atoms with Crippen LogP contribution in [0.5, 0.6) is 0 Å². The lowest BCUT2D eigenvalue weighted by molar-refractivity contribution is 0.223. The summed E-state index contributed by atoms with van der Waals surface area (Å²) in [4.78, 5) is 38.6. The predicted octanol–water partition coefficient (Wildman–Crippen LogP) is 2.85. The van der Waals surface area contributed by atoms with E-state index >= 15 is 0 Å². The summed E-state index contributed by atoms with van der Waals surface area (Å²) < 4.78 is 2.16. The maximum Gasteiger partial charge on any atom is 0.325 e. The number of likely N-dealkylation sites (N-methyl/N-ethyl adjacent to an activating group) is 2. The van der Waals surface area contributed by atoms with E-state index in [1.54, 1.807) is 20.7 Å². The lowest BCUT2D eigenvalue weighted by Gasteiger charge is -2.23. The number of hydrogen-bond acceptors (Lipinski definition) is 6. The van der Waals surface area contributed by atoms with E-state index in [9.17, 15) is 9.59 Å². The van der Waals surface area contributed by atoms with Gasteiger partial charge in [-0.2, -0.15) is 0 Å². The number of fused-ring (bicyclic) bond motifs is 1. The van der Waals surface area contributed by atoms with Crippen molar-refractivity contribution in [3.8, 4) is 5.69 Å². The minimum Gasteiger partial charge on any atom is -0.370 e. The van der Waals surface area contributed by atoms with Gasteiger partial charge in [-0.15, -0.1) is 11.3 Å². The van der Waals surface area contributed by atoms with E-state index in [1.165, 1.54) is 17.0 Å². The quantitative estimate of drug-likeness (QED) is 0.609. The van der Waals surface area contributed by atoms with Crippen molar-refractivity contribution in [2.24, 2.45) is 0 Å². The van der Waals surface area contributed by atoms with Crippen molar-refractivity contribution < 1.29 is 4.79 Å². The zero-order chi connectivity index (χ0) is 22.2. The number of rotatable bonds is 4. The van der Waals surface area contributed by atoms with E-state index in [2.05, 4.69) is 34.0 Å². The van der Waals surface area contributed by atoms with Gasteiger partial charge in [0.15, 0.2) is 0 Å². The molecule has 0 saturated carbocycles. The highest BCUT2D eigenvalue weighted by atomic mass is 32.1. The van der Waals surface area contributed by atoms with Crippen molar-refractivity contribution >= 4 is 38.3 Å². The van der Waals surface area contributed by atoms with E-state index in [-0.39, 0.29) is 11.6 Å². The molecule has 4 heterocycles. The fraction of sp³-hybridized carbons (Fsp3) is 0.435. The molecule has 2 aliphatic rings. The molecule has 32 heavy (non-hydrogen) atoms. The SMILES string of the molecule is CCN1CCN(c2cc3ncn(-c4ccc(N5CCCN(C)CC5)cc4)c(=O)c3s2)C1=O. The molecule has 8 nitrogen and oxygen atoms in total. The van der Waals surface area contributed by atoms with Gasteiger partial charge in [-0.3, -0.25) is 14.3 Å². The summed E-state index contributed by atoms with van der Waals surface area (Å²) in [5, 5.41) is 0.782. The van der Waals surface area contributed by atoms with E-state index in [1.807, 2.05) is 25.1 Å². The van der Waals surface area contributed by atoms with Crippen molar-refractivity contribution in [2.45, 2.75) is 13.3 Å². The first-order valence-corrected chi connectivity index (χ1v) is 12.0. The Hall–Kier alpha value is -2.91. The molecule has 0 spiro atoms. The van der Waals surface area contributed by atoms with Gasteiger partial charge in [-0.25, -0.2) is 9.78 Å². The molecule has 0 N–H and O–H groups in total. The number of thiophene rings is 1. The fourth-order valence-electron chi connectivity index (χ4n) is 4.43. The molecule has 2 amide bonds. The van der Waals surface area contributed by atoms with Crippen LogP contribution in [0.3, 0.4) is 0 Å². The molecular weight excluding hydrogens is 424 g/mol. The Morgan fingerprint density at radius 1 is 0.969 bits per heavy atom. The number of carbonyl (C=O) groups is 1. The lowest BCUT2D eigenvalue weighted by Crippen LogP contribution is -2.31. The van der Waals surface area contributed by atoms with Crippen LogP contribution in [0.25, 0.3) is 15.9 Å². The molecule has 0 atom stereocenters. The summed E-state index contributed by atoms with van der Waals surface area (Å²) in [5.41, 5.74) is 2.51. The summed E-state index contributed by atoms with van der Waals surface area (Å²) in [6, 6.07) is 9.98. The second kappa shape index (κ2) is 8.55. The summed E-state index contributed by atoms with van der Waals surface area (Å²) in [7, 11) is 2.16. The molecule has 1 aromatic carbocycles. The van der Waals surface area contributed by atoms with Gasteiger partial charge in [0, 0.05) is 45.0 Å². The molecule has 0 aliphatic carbocycles. The number of anilines is 2. The Kier molecular flexibility index (Phi) is 5.60. The molecule has 2 fully saturated rings. The van der Waals surface area contributed by atoms with Gasteiger partial charge in [0.1, 0.15) is 16.0 Å². The van der Waals surface area contributed by atoms with Crippen LogP contribution in [0.15, 0.2) is 41.5 Å². The topological polar surface area (TPSA) is 64.9 Å². The molecule has 2 saturated heterocycles. The number of aromatic nitrogens is 2. The number of nitrogens with zero attached hydrogens (tertiary/aromatic N) is 6. The highest BCUT2D eigenvalue weighted by Gasteiger charge is 2.30. The molecule has 168 valence electrons. The summed E-state index contributed by atoms with van der Waals surface area (Å²) in [5.74, 6) is 0. The van der Waals surface area contributed by atoms with Crippen LogP contribution in [-0.2, 0) is 0 Å². The van der Waals surface area contributed by atoms with Gasteiger partial charge in [0.25, 0.3) is 5.56 Å². The van der Waals surface area contributed by atoms with Gasteiger partial charge >= 0.3 is 6.03 Å². The third-order valence-electron chi connectivity index (χ3n) is 6.38. The molecule has 0 radical (unpaired) electrons. The Balaban J connectivity index is 1.42. The van der Waals surface area contributed by atoms with Crippen LogP contribution >= 0.6 is 11.3 Å². The summed E-state index contributed by atoms with van der Waals surface area (Å²) >= 11 is 1.34. The Morgan fingerprint density at radius 3 is 2.50 bits per heavy atom. The Labute approximate surface area is 191 Å². The molecule has 2 aromatic heterocycles. The maximum atomic E-state index is 13.2. The highest BCUT2D eigenvalue weighted by molar-refractivity contribution is 7.22. The molecule has 9 heteroatoms. The van der Waals surface area contributed by atoms with Crippen LogP contribution in [0.4, 0.5) is 15.5 Å². The number of urea groups is 1. The van der Waals surface area contributed by atoms with Crippen LogP contribution in [0.1, 0.15) is 13.3 Å². The van der Waals surface area contributed by atoms with Crippen molar-refractivity contribution in [3.63, 3.8) is 0 Å². The molecule has 0 unspecified atom stereocenters. The van der Waals surface area contributed by atoms with Gasteiger partial charge < -0.3 is 14.7 Å². The Bertz CT molecular complexity index is 1190. The number of hydrogen-bond donors (Lipinski definition) is 0. The van der Waals surface area contributed by atoms with Crippen LogP contribution in [0.2, 0.25) is 0 Å². The molecule has 2 aliphatic heterocycles. The molecular formula is C23H28N6O2S. The van der Waals surface area contributed by atoms with Gasteiger partial charge in [0.05, 0.1) is 11.2 Å². The maximum absolute atomic E-state index is 13.2. The normalized spacial score (nSPS) is 18.1. The monoisotopic (exact) mass is 452 g/mol. The molecule has 0 bridgehead atoms. The van der Waals surface area contributed by atoms with Crippen LogP contribution in [-0.4, -0.2) is 78.2 Å². The minimum absolute atomic E-state index is 0.00493. The van der Waals surface area contributed by atoms with Crippen molar-refractivity contribution in [2.75, 3.05) is 62.7 Å². The van der Waals surface area contributed by atoms with Crippen LogP contribution < -0.4 is 15.4 Å². The number of carbonyl (C=O) groups excluding carboxylic acids is 1. The smallest absolute Gasteiger partial charge is 0.325 e. The van der Waals surface area contributed by atoms with E-state index in [4.69, 9.17) is 0 Å². The first kappa shape index (κ1) is 21.0. The van der Waals surface area contributed by atoms with E-state index in [0.717, 1.165) is 43.3 Å². The highest BCUT2D eigenvalue weighted by Crippen LogP contribution is 2.32. The number of amides is 2. The van der Waals surface area contributed by atoms with Crippen molar-refractivity contribution in [3.05, 3.63) is 47.0 Å².